The molecule has 12 nitrogen and oxygen atoms in total. The predicted molar refractivity (Wildman–Crippen MR) is 229 cm³/mol. The molecule has 0 bridgehead atoms. The van der Waals surface area contributed by atoms with Gasteiger partial charge in [0.15, 0.2) is 0 Å². The average Bonchev–Trinajstić information content (AvgIpc) is 3.61. The van der Waals surface area contributed by atoms with Gasteiger partial charge < -0.3 is 9.47 Å². The van der Waals surface area contributed by atoms with Crippen LogP contribution in [0.1, 0.15) is 61.3 Å². The van der Waals surface area contributed by atoms with E-state index in [1.807, 2.05) is 50.4 Å². The molecule has 0 aromatic heterocycles. The number of nitrogens with zero attached hydrogens (tertiary/aromatic N) is 2. The number of hydrogen-bond acceptors (Lipinski definition) is 10. The normalized spacial score (nSPS) is 34.5. The van der Waals surface area contributed by atoms with Crippen molar-refractivity contribution in [1.29, 1.82) is 0 Å². The van der Waals surface area contributed by atoms with Gasteiger partial charge in [-0.2, -0.15) is 0 Å². The molecule has 278 valence electrons. The minimum atomic E-state index is -0.962. The monoisotopic (exact) mass is 1100 g/mol. The van der Waals surface area contributed by atoms with E-state index in [4.69, 9.17) is 9.47 Å². The van der Waals surface area contributed by atoms with Crippen molar-refractivity contribution in [1.82, 2.24) is 9.80 Å². The van der Waals surface area contributed by atoms with E-state index < -0.39 is 127 Å². The first-order valence-electron chi connectivity index (χ1n) is 16.8. The van der Waals surface area contributed by atoms with E-state index in [9.17, 15) is 38.4 Å². The molecule has 13 atom stereocenters. The van der Waals surface area contributed by atoms with Gasteiger partial charge in [-0.25, -0.2) is 0 Å². The number of ether oxygens (including phenoxy) is 2. The summed E-state index contributed by atoms with van der Waals surface area (Å²) in [5.41, 5.74) is -2.53. The maximum Gasteiger partial charge on any atom is 0.318 e. The minimum Gasteiger partial charge on any atom is -0.393 e. The Labute approximate surface area is 344 Å². The van der Waals surface area contributed by atoms with Crippen LogP contribution >= 0.6 is 82.5 Å². The third kappa shape index (κ3) is 7.70. The number of carbonyl (C=O) groups is 8. The molecule has 0 N–H and O–H groups in total. The molecule has 4 saturated heterocycles. The molecule has 4 aliphatic rings. The molecule has 4 rings (SSSR count). The van der Waals surface area contributed by atoms with Crippen LogP contribution < -0.4 is 0 Å². The molecule has 4 aliphatic heterocycles. The van der Waals surface area contributed by atoms with Gasteiger partial charge in [0.25, 0.3) is 0 Å². The molecule has 51 heavy (non-hydrogen) atoms. The van der Waals surface area contributed by atoms with Crippen LogP contribution in [0.25, 0.3) is 0 Å². The number of carbonyl (C=O) groups excluding carboxylic acids is 8. The highest BCUT2D eigenvalue weighted by Gasteiger charge is 2.61. The van der Waals surface area contributed by atoms with E-state index in [1.54, 1.807) is 20.8 Å². The summed E-state index contributed by atoms with van der Waals surface area (Å²) in [7, 11) is 6.01. The van der Waals surface area contributed by atoms with Crippen LogP contribution in [0.5, 0.6) is 0 Å². The lowest BCUT2D eigenvalue weighted by molar-refractivity contribution is -0.155. The number of amides is 4. The molecule has 0 aliphatic carbocycles. The van der Waals surface area contributed by atoms with Crippen LogP contribution in [0.2, 0.25) is 0 Å². The number of esters is 4. The Morgan fingerprint density at radius 1 is 0.549 bits per heavy atom. The van der Waals surface area contributed by atoms with E-state index >= 15 is 0 Å². The summed E-state index contributed by atoms with van der Waals surface area (Å²) in [5, 5.41) is -2.09. The topological polar surface area (TPSA) is 162 Å². The predicted octanol–water partition coefficient (Wildman–Crippen LogP) is 3.10. The fourth-order valence-corrected chi connectivity index (χ4v) is 15.3. The van der Waals surface area contributed by atoms with Crippen molar-refractivity contribution < 1.29 is 47.8 Å². The second kappa shape index (κ2) is 16.0. The van der Waals surface area contributed by atoms with E-state index in [0.717, 1.165) is 9.80 Å². The Hall–Kier alpha value is 0.235. The van der Waals surface area contributed by atoms with Crippen LogP contribution in [0.4, 0.5) is 0 Å². The lowest BCUT2D eigenvalue weighted by Gasteiger charge is -2.43. The molecule has 0 saturated carbocycles. The molecule has 21 heteroatoms. The maximum absolute atomic E-state index is 14.3. The van der Waals surface area contributed by atoms with Gasteiger partial charge in [0.05, 0.1) is 35.5 Å². The Morgan fingerprint density at radius 2 is 0.980 bits per heavy atom. The third-order valence-electron chi connectivity index (χ3n) is 12.1. The first-order valence-corrected chi connectivity index (χ1v) is 30.5. The summed E-state index contributed by atoms with van der Waals surface area (Å²) in [5.74, 6) is -9.83. The Balaban J connectivity index is 1.55. The average molecular weight is 1100 g/mol. The molecule has 0 aromatic carbocycles. The van der Waals surface area contributed by atoms with Crippen molar-refractivity contribution in [3.8, 4) is 0 Å². The fourth-order valence-electron chi connectivity index (χ4n) is 8.41. The lowest BCUT2D eigenvalue weighted by atomic mass is 9.74. The molecular weight excluding hydrogens is 1050 g/mol. The zero-order chi connectivity index (χ0) is 38.9. The Kier molecular flexibility index (Phi) is 13.8. The zero-order valence-corrected chi connectivity index (χ0v) is 39.6. The molecule has 4 fully saturated rings. The highest BCUT2D eigenvalue weighted by Crippen LogP contribution is 2.65. The molecule has 0 aromatic rings. The number of halogens is 3. The smallest absolute Gasteiger partial charge is 0.318 e. The van der Waals surface area contributed by atoms with Gasteiger partial charge in [0.1, 0.15) is 22.7 Å². The molecule has 0 spiro atoms. The summed E-state index contributed by atoms with van der Waals surface area (Å²) < 4.78 is 10.1. The van der Waals surface area contributed by atoms with Crippen molar-refractivity contribution in [3.05, 3.63) is 0 Å². The van der Waals surface area contributed by atoms with Crippen LogP contribution in [0.15, 0.2) is 0 Å². The van der Waals surface area contributed by atoms with Crippen LogP contribution in [0, 0.1) is 47.3 Å². The SMILES string of the molecule is BP(I)C(C)(C)C1C(=O)OC(=O)C1CC(C)(C1C(=O)N(CCN2C(=O)C(C)C(CC(C)(C3C(=O)OC(=O)C3C)P(B)I)C2=O)C(=O)C1C)P(B)I. The van der Waals surface area contributed by atoms with E-state index in [2.05, 4.69) is 66.1 Å². The number of rotatable bonds is 13. The van der Waals surface area contributed by atoms with Crippen molar-refractivity contribution in [3.63, 3.8) is 0 Å². The van der Waals surface area contributed by atoms with Crippen LogP contribution in [-0.4, -0.2) is 109 Å². The van der Waals surface area contributed by atoms with Gasteiger partial charge in [-0.1, -0.05) is 131 Å². The van der Waals surface area contributed by atoms with Crippen molar-refractivity contribution in [2.45, 2.75) is 76.8 Å². The summed E-state index contributed by atoms with van der Waals surface area (Å²) >= 11 is 6.85. The molecule has 13 unspecified atom stereocenters. The number of imide groups is 2. The highest BCUT2D eigenvalue weighted by atomic mass is 127. The standard InChI is InChI=1S/C30H43B3I3N2O10P3/c1-12-15(10-30(7,51(33)36)18-14(3)24(43)47-26(18)45)22(41)37(20(12)39)8-9-38-21(40)13(2)17(23(38)42)29(6,50(32)35)11-16-19(27(46)48-25(16)44)28(4,5)49(31)34/h12-19H,8-11,31-33H2,1-7H3. The van der Waals surface area contributed by atoms with Crippen molar-refractivity contribution >= 4 is 153 Å². The van der Waals surface area contributed by atoms with Crippen LogP contribution in [-0.2, 0) is 47.8 Å². The summed E-state index contributed by atoms with van der Waals surface area (Å²) in [6.45, 7) is 12.4. The van der Waals surface area contributed by atoms with E-state index in [-0.39, 0.29) is 25.9 Å². The summed E-state index contributed by atoms with van der Waals surface area (Å²) in [6.07, 6.45) is 0.406. The Morgan fingerprint density at radius 3 is 1.45 bits per heavy atom. The zero-order valence-electron chi connectivity index (χ0n) is 30.4. The Bertz CT molecular complexity index is 1560. The van der Waals surface area contributed by atoms with E-state index in [1.165, 1.54) is 0 Å². The highest BCUT2D eigenvalue weighted by molar-refractivity contribution is 14.2. The van der Waals surface area contributed by atoms with Gasteiger partial charge in [0.2, 0.25) is 23.6 Å². The first kappa shape index (κ1) is 44.0. The fraction of sp³-hybridized carbons (Fsp3) is 0.733. The van der Waals surface area contributed by atoms with Crippen molar-refractivity contribution in [2.24, 2.45) is 47.3 Å². The van der Waals surface area contributed by atoms with Gasteiger partial charge in [0, 0.05) is 35.2 Å². The van der Waals surface area contributed by atoms with Crippen molar-refractivity contribution in [2.75, 3.05) is 13.1 Å². The third-order valence-corrected chi connectivity index (χ3v) is 28.1. The van der Waals surface area contributed by atoms with Gasteiger partial charge in [-0.15, -0.1) is 0 Å². The second-order valence-electron chi connectivity index (χ2n) is 15.4. The minimum absolute atomic E-state index is 0.172. The molecular formula is C30H43B3I3N2O10P3. The summed E-state index contributed by atoms with van der Waals surface area (Å²) in [6, 6.07) is 0. The lowest BCUT2D eigenvalue weighted by Crippen LogP contribution is -2.46. The number of likely N-dealkylation sites (tertiary alicyclic amines) is 2. The second-order valence-corrected chi connectivity index (χ2v) is 34.4. The van der Waals surface area contributed by atoms with Gasteiger partial charge in [-0.05, 0) is 18.0 Å². The quantitative estimate of drug-likeness (QED) is 0.0670. The van der Waals surface area contributed by atoms with Gasteiger partial charge in [-0.3, -0.25) is 48.2 Å². The summed E-state index contributed by atoms with van der Waals surface area (Å²) in [4.78, 5) is 109. The van der Waals surface area contributed by atoms with Gasteiger partial charge >= 0.3 is 23.9 Å². The molecule has 4 amide bonds. The molecule has 0 radical (unpaired) electrons. The number of cyclic esters (lactones) is 4. The first-order chi connectivity index (χ1) is 23.4. The largest absolute Gasteiger partial charge is 0.393 e. The molecule has 4 heterocycles. The van der Waals surface area contributed by atoms with Crippen LogP contribution in [0.3, 0.4) is 0 Å². The maximum atomic E-state index is 14.3. The number of hydrogen-bond donors (Lipinski definition) is 0. The van der Waals surface area contributed by atoms with E-state index in [0.29, 0.717) is 0 Å².